The normalized spacial score (nSPS) is 15.2. The SMILES string of the molecule is COc1cc(Cl)cc(C(=O)O)c1OCC1(CC#N)CC1. The molecule has 5 nitrogen and oxygen atoms in total. The molecular formula is C14H14ClNO4. The van der Waals surface area contributed by atoms with Crippen LogP contribution in [-0.2, 0) is 0 Å². The van der Waals surface area contributed by atoms with Gasteiger partial charge in [0.1, 0.15) is 5.56 Å². The van der Waals surface area contributed by atoms with Crippen molar-refractivity contribution in [2.75, 3.05) is 13.7 Å². The number of rotatable bonds is 6. The molecule has 0 heterocycles. The number of halogens is 1. The monoisotopic (exact) mass is 295 g/mol. The Morgan fingerprint density at radius 3 is 2.75 bits per heavy atom. The van der Waals surface area contributed by atoms with Crippen LogP contribution in [0.25, 0.3) is 0 Å². The number of benzene rings is 1. The van der Waals surface area contributed by atoms with E-state index in [0.29, 0.717) is 13.0 Å². The Balaban J connectivity index is 2.26. The van der Waals surface area contributed by atoms with Crippen LogP contribution in [0, 0.1) is 16.7 Å². The van der Waals surface area contributed by atoms with E-state index in [9.17, 15) is 9.90 Å². The lowest BCUT2D eigenvalue weighted by Gasteiger charge is -2.17. The van der Waals surface area contributed by atoms with Gasteiger partial charge in [-0.15, -0.1) is 0 Å². The van der Waals surface area contributed by atoms with Crippen molar-refractivity contribution >= 4 is 17.6 Å². The van der Waals surface area contributed by atoms with Crippen molar-refractivity contribution in [3.05, 3.63) is 22.7 Å². The van der Waals surface area contributed by atoms with Crippen LogP contribution in [0.15, 0.2) is 12.1 Å². The minimum Gasteiger partial charge on any atom is -0.493 e. The van der Waals surface area contributed by atoms with Crippen LogP contribution in [0.1, 0.15) is 29.6 Å². The second-order valence-electron chi connectivity index (χ2n) is 4.91. The number of hydrogen-bond acceptors (Lipinski definition) is 4. The first-order valence-electron chi connectivity index (χ1n) is 6.12. The summed E-state index contributed by atoms with van der Waals surface area (Å²) in [7, 11) is 1.42. The maximum atomic E-state index is 11.3. The lowest BCUT2D eigenvalue weighted by molar-refractivity contribution is 0.0689. The Bertz CT molecular complexity index is 575. The third kappa shape index (κ3) is 2.97. The van der Waals surface area contributed by atoms with Crippen LogP contribution in [-0.4, -0.2) is 24.8 Å². The zero-order valence-electron chi connectivity index (χ0n) is 11.0. The number of carboxylic acids is 1. The van der Waals surface area contributed by atoms with Gasteiger partial charge < -0.3 is 14.6 Å². The van der Waals surface area contributed by atoms with E-state index in [0.717, 1.165) is 12.8 Å². The number of methoxy groups -OCH3 is 1. The van der Waals surface area contributed by atoms with Crippen LogP contribution in [0.4, 0.5) is 0 Å². The van der Waals surface area contributed by atoms with Crippen LogP contribution in [0.3, 0.4) is 0 Å². The maximum absolute atomic E-state index is 11.3. The summed E-state index contributed by atoms with van der Waals surface area (Å²) in [5.74, 6) is -0.692. The van der Waals surface area contributed by atoms with Gasteiger partial charge in [0.15, 0.2) is 11.5 Å². The molecule has 106 valence electrons. The molecule has 1 aromatic carbocycles. The second kappa shape index (κ2) is 5.59. The molecule has 1 aliphatic carbocycles. The van der Waals surface area contributed by atoms with Crippen LogP contribution in [0.2, 0.25) is 5.02 Å². The predicted octanol–water partition coefficient (Wildman–Crippen LogP) is 3.12. The second-order valence-corrected chi connectivity index (χ2v) is 5.35. The van der Waals surface area contributed by atoms with Gasteiger partial charge in [0.2, 0.25) is 0 Å². The van der Waals surface area contributed by atoms with Gasteiger partial charge in [-0.25, -0.2) is 4.79 Å². The summed E-state index contributed by atoms with van der Waals surface area (Å²) in [5.41, 5.74) is -0.183. The zero-order valence-corrected chi connectivity index (χ0v) is 11.7. The summed E-state index contributed by atoms with van der Waals surface area (Å²) < 4.78 is 10.8. The molecule has 0 amide bonds. The molecule has 1 fully saturated rings. The van der Waals surface area contributed by atoms with Crippen molar-refractivity contribution in [3.63, 3.8) is 0 Å². The molecule has 1 aliphatic rings. The highest BCUT2D eigenvalue weighted by Gasteiger charge is 2.43. The molecule has 0 aromatic heterocycles. The van der Waals surface area contributed by atoms with Crippen molar-refractivity contribution in [1.29, 1.82) is 5.26 Å². The largest absolute Gasteiger partial charge is 0.493 e. The summed E-state index contributed by atoms with van der Waals surface area (Å²) >= 11 is 5.86. The van der Waals surface area contributed by atoms with Gasteiger partial charge in [0.05, 0.1) is 19.8 Å². The molecule has 0 aliphatic heterocycles. The number of nitriles is 1. The Morgan fingerprint density at radius 2 is 2.25 bits per heavy atom. The summed E-state index contributed by atoms with van der Waals surface area (Å²) in [4.78, 5) is 11.3. The highest BCUT2D eigenvalue weighted by atomic mass is 35.5. The Hall–Kier alpha value is -1.93. The van der Waals surface area contributed by atoms with E-state index in [1.807, 2.05) is 0 Å². The molecule has 1 saturated carbocycles. The molecule has 0 radical (unpaired) electrons. The molecule has 2 rings (SSSR count). The average Bonchev–Trinajstić information content (AvgIpc) is 3.16. The summed E-state index contributed by atoms with van der Waals surface area (Å²) in [6, 6.07) is 4.97. The molecule has 20 heavy (non-hydrogen) atoms. The predicted molar refractivity (Wildman–Crippen MR) is 72.4 cm³/mol. The fraction of sp³-hybridized carbons (Fsp3) is 0.429. The van der Waals surface area contributed by atoms with Gasteiger partial charge in [0, 0.05) is 22.9 Å². The van der Waals surface area contributed by atoms with E-state index in [1.165, 1.54) is 19.2 Å². The molecular weight excluding hydrogens is 282 g/mol. The molecule has 0 unspecified atom stereocenters. The van der Waals surface area contributed by atoms with Crippen molar-refractivity contribution < 1.29 is 19.4 Å². The van der Waals surface area contributed by atoms with Crippen molar-refractivity contribution in [2.24, 2.45) is 5.41 Å². The lowest BCUT2D eigenvalue weighted by Crippen LogP contribution is -2.15. The first kappa shape index (κ1) is 14.5. The fourth-order valence-corrected chi connectivity index (χ4v) is 2.18. The maximum Gasteiger partial charge on any atom is 0.339 e. The number of aromatic carboxylic acids is 1. The molecule has 0 atom stereocenters. The topological polar surface area (TPSA) is 79.6 Å². The summed E-state index contributed by atoms with van der Waals surface area (Å²) in [6.45, 7) is 0.304. The number of carbonyl (C=O) groups is 1. The highest BCUT2D eigenvalue weighted by molar-refractivity contribution is 6.31. The first-order chi connectivity index (χ1) is 9.51. The summed E-state index contributed by atoms with van der Waals surface area (Å²) in [5, 5.41) is 18.3. The number of carboxylic acid groups (broad SMARTS) is 1. The summed E-state index contributed by atoms with van der Waals surface area (Å²) in [6.07, 6.45) is 2.24. The van der Waals surface area contributed by atoms with E-state index >= 15 is 0 Å². The van der Waals surface area contributed by atoms with Crippen molar-refractivity contribution in [2.45, 2.75) is 19.3 Å². The van der Waals surface area contributed by atoms with Crippen molar-refractivity contribution in [1.82, 2.24) is 0 Å². The van der Waals surface area contributed by atoms with E-state index in [-0.39, 0.29) is 27.5 Å². The minimum atomic E-state index is -1.13. The van der Waals surface area contributed by atoms with Crippen LogP contribution >= 0.6 is 11.6 Å². The molecule has 6 heteroatoms. The third-order valence-corrected chi connectivity index (χ3v) is 3.62. The van der Waals surface area contributed by atoms with E-state index in [2.05, 4.69) is 6.07 Å². The van der Waals surface area contributed by atoms with Gasteiger partial charge in [-0.3, -0.25) is 0 Å². The van der Waals surface area contributed by atoms with Gasteiger partial charge >= 0.3 is 5.97 Å². The molecule has 1 aromatic rings. The van der Waals surface area contributed by atoms with E-state index in [1.54, 1.807) is 0 Å². The number of nitrogens with zero attached hydrogens (tertiary/aromatic N) is 1. The first-order valence-corrected chi connectivity index (χ1v) is 6.50. The Morgan fingerprint density at radius 1 is 1.55 bits per heavy atom. The fourth-order valence-electron chi connectivity index (χ4n) is 1.97. The minimum absolute atomic E-state index is 0.0397. The number of ether oxygens (including phenoxy) is 2. The van der Waals surface area contributed by atoms with Crippen LogP contribution < -0.4 is 9.47 Å². The van der Waals surface area contributed by atoms with E-state index < -0.39 is 5.97 Å². The van der Waals surface area contributed by atoms with Crippen molar-refractivity contribution in [3.8, 4) is 17.6 Å². The van der Waals surface area contributed by atoms with E-state index in [4.69, 9.17) is 26.3 Å². The Kier molecular flexibility index (Phi) is 4.05. The number of hydrogen-bond donors (Lipinski definition) is 1. The molecule has 1 N–H and O–H groups in total. The van der Waals surface area contributed by atoms with Gasteiger partial charge in [0.25, 0.3) is 0 Å². The zero-order chi connectivity index (χ0) is 14.8. The van der Waals surface area contributed by atoms with Crippen LogP contribution in [0.5, 0.6) is 11.5 Å². The quantitative estimate of drug-likeness (QED) is 0.872. The molecule has 0 saturated heterocycles. The Labute approximate surface area is 121 Å². The lowest BCUT2D eigenvalue weighted by atomic mass is 10.1. The smallest absolute Gasteiger partial charge is 0.339 e. The van der Waals surface area contributed by atoms with Gasteiger partial charge in [-0.05, 0) is 18.9 Å². The standard InChI is InChI=1S/C14H14ClNO4/c1-19-11-7-9(15)6-10(13(17)18)12(11)20-8-14(2-3-14)4-5-16/h6-7H,2-4,8H2,1H3,(H,17,18). The molecule has 0 bridgehead atoms. The van der Waals surface area contributed by atoms with Gasteiger partial charge in [-0.2, -0.15) is 5.26 Å². The third-order valence-electron chi connectivity index (χ3n) is 3.40. The van der Waals surface area contributed by atoms with Gasteiger partial charge in [-0.1, -0.05) is 11.6 Å². The average molecular weight is 296 g/mol. The highest BCUT2D eigenvalue weighted by Crippen LogP contribution is 2.49. The molecule has 0 spiro atoms.